The Morgan fingerprint density at radius 2 is 0.934 bits per heavy atom. The molecule has 0 radical (unpaired) electrons. The quantitative estimate of drug-likeness (QED) is 0.174. The van der Waals surface area contributed by atoms with Crippen LogP contribution in [0.5, 0.6) is 0 Å². The van der Waals surface area contributed by atoms with Gasteiger partial charge in [-0.1, -0.05) is 127 Å². The molecule has 0 saturated heterocycles. The number of aromatic nitrogens is 4. The Morgan fingerprint density at radius 3 is 1.77 bits per heavy atom. The molecule has 0 saturated carbocycles. The molecule has 0 fully saturated rings. The molecule has 0 aliphatic rings. The van der Waals surface area contributed by atoms with E-state index in [1.165, 1.54) is 21.5 Å². The highest BCUT2D eigenvalue weighted by Crippen LogP contribution is 2.42. The highest BCUT2D eigenvalue weighted by Gasteiger charge is 2.22. The Labute approximate surface area is 348 Å². The Morgan fingerprint density at radius 1 is 0.328 bits per heavy atom. The first-order chi connectivity index (χ1) is 30.2. The smallest absolute Gasteiger partial charge is 0.164 e. The molecule has 6 nitrogen and oxygen atoms in total. The number of fused-ring (bicyclic) bond motifs is 10. The molecule has 13 aromatic rings. The van der Waals surface area contributed by atoms with Crippen molar-refractivity contribution in [1.29, 1.82) is 0 Å². The molecule has 9 aromatic carbocycles. The van der Waals surface area contributed by atoms with E-state index in [-0.39, 0.29) is 0 Å². The maximum Gasteiger partial charge on any atom is 0.164 e. The van der Waals surface area contributed by atoms with Crippen molar-refractivity contribution < 1.29 is 8.83 Å². The predicted octanol–water partition coefficient (Wildman–Crippen LogP) is 14.6. The molecule has 6 heteroatoms. The van der Waals surface area contributed by atoms with Gasteiger partial charge in [0.2, 0.25) is 0 Å². The molecule has 0 unspecified atom stereocenters. The van der Waals surface area contributed by atoms with Gasteiger partial charge in [0.05, 0.1) is 16.7 Å². The summed E-state index contributed by atoms with van der Waals surface area (Å²) in [4.78, 5) is 16.0. The van der Waals surface area contributed by atoms with Gasteiger partial charge in [-0.05, 0) is 82.6 Å². The summed E-state index contributed by atoms with van der Waals surface area (Å²) in [6, 6.07) is 67.5. The van der Waals surface area contributed by atoms with Gasteiger partial charge in [-0.2, -0.15) is 0 Å². The molecule has 0 amide bonds. The zero-order valence-corrected chi connectivity index (χ0v) is 32.6. The maximum atomic E-state index is 6.73. The average molecular weight is 781 g/mol. The minimum Gasteiger partial charge on any atom is -0.456 e. The van der Waals surface area contributed by atoms with Crippen molar-refractivity contribution in [2.75, 3.05) is 0 Å². The summed E-state index contributed by atoms with van der Waals surface area (Å²) >= 11 is 0. The molecule has 0 bridgehead atoms. The molecule has 0 spiro atoms. The summed E-state index contributed by atoms with van der Waals surface area (Å²) in [6.45, 7) is 0. The van der Waals surface area contributed by atoms with E-state index in [1.807, 2.05) is 48.5 Å². The number of nitrogens with zero attached hydrogens (tertiary/aromatic N) is 4. The van der Waals surface area contributed by atoms with E-state index in [2.05, 4.69) is 150 Å². The normalized spacial score (nSPS) is 11.9. The first kappa shape index (κ1) is 33.6. The van der Waals surface area contributed by atoms with E-state index in [0.29, 0.717) is 17.5 Å². The largest absolute Gasteiger partial charge is 0.456 e. The highest BCUT2D eigenvalue weighted by molar-refractivity contribution is 6.16. The highest BCUT2D eigenvalue weighted by atomic mass is 16.3. The zero-order chi connectivity index (χ0) is 40.0. The summed E-state index contributed by atoms with van der Waals surface area (Å²) in [5.74, 6) is 1.68. The predicted molar refractivity (Wildman–Crippen MR) is 248 cm³/mol. The van der Waals surface area contributed by atoms with Crippen LogP contribution in [0.25, 0.3) is 127 Å². The third-order valence-corrected chi connectivity index (χ3v) is 12.0. The van der Waals surface area contributed by atoms with Crippen molar-refractivity contribution in [3.8, 4) is 51.0 Å². The molecular weight excluding hydrogens is 749 g/mol. The van der Waals surface area contributed by atoms with Crippen LogP contribution in [0, 0.1) is 0 Å². The summed E-state index contributed by atoms with van der Waals surface area (Å²) < 4.78 is 15.3. The van der Waals surface area contributed by atoms with Crippen LogP contribution >= 0.6 is 0 Å². The fourth-order valence-corrected chi connectivity index (χ4v) is 9.17. The van der Waals surface area contributed by atoms with Gasteiger partial charge in [0.15, 0.2) is 17.5 Å². The van der Waals surface area contributed by atoms with Crippen LogP contribution in [0.15, 0.2) is 203 Å². The Hall–Kier alpha value is -8.35. The Kier molecular flexibility index (Phi) is 7.21. The van der Waals surface area contributed by atoms with Gasteiger partial charge in [-0.25, -0.2) is 15.0 Å². The fraction of sp³-hybridized carbons (Fsp3) is 0. The van der Waals surface area contributed by atoms with Gasteiger partial charge < -0.3 is 13.4 Å². The van der Waals surface area contributed by atoms with E-state index < -0.39 is 0 Å². The van der Waals surface area contributed by atoms with E-state index in [1.54, 1.807) is 0 Å². The molecule has 0 N–H and O–H groups in total. The van der Waals surface area contributed by atoms with Gasteiger partial charge >= 0.3 is 0 Å². The van der Waals surface area contributed by atoms with Crippen LogP contribution < -0.4 is 0 Å². The molecule has 4 aromatic heterocycles. The lowest BCUT2D eigenvalue weighted by molar-refractivity contribution is 0.668. The number of hydrogen-bond donors (Lipinski definition) is 0. The van der Waals surface area contributed by atoms with Gasteiger partial charge in [-0.3, -0.25) is 0 Å². The number of para-hydroxylation sites is 3. The minimum absolute atomic E-state index is 0.548. The fourth-order valence-electron chi connectivity index (χ4n) is 9.17. The van der Waals surface area contributed by atoms with Crippen LogP contribution in [0.1, 0.15) is 0 Å². The topological polar surface area (TPSA) is 69.9 Å². The molecule has 284 valence electrons. The van der Waals surface area contributed by atoms with Crippen LogP contribution in [0.2, 0.25) is 0 Å². The lowest BCUT2D eigenvalue weighted by Crippen LogP contribution is -2.02. The molecule has 4 heterocycles. The van der Waals surface area contributed by atoms with Crippen molar-refractivity contribution in [3.05, 3.63) is 194 Å². The van der Waals surface area contributed by atoms with Gasteiger partial charge in [-0.15, -0.1) is 0 Å². The van der Waals surface area contributed by atoms with Crippen molar-refractivity contribution in [1.82, 2.24) is 19.5 Å². The van der Waals surface area contributed by atoms with E-state index in [0.717, 1.165) is 88.4 Å². The van der Waals surface area contributed by atoms with E-state index in [4.69, 9.17) is 23.8 Å². The summed E-state index contributed by atoms with van der Waals surface area (Å²) in [5, 5.41) is 8.74. The van der Waals surface area contributed by atoms with Gasteiger partial charge in [0, 0.05) is 55.1 Å². The molecule has 0 aliphatic carbocycles. The van der Waals surface area contributed by atoms with Crippen LogP contribution in [-0.2, 0) is 0 Å². The van der Waals surface area contributed by atoms with Gasteiger partial charge in [0.25, 0.3) is 0 Å². The first-order valence-electron chi connectivity index (χ1n) is 20.4. The van der Waals surface area contributed by atoms with Crippen molar-refractivity contribution in [2.24, 2.45) is 0 Å². The van der Waals surface area contributed by atoms with Crippen molar-refractivity contribution in [2.45, 2.75) is 0 Å². The molecule has 61 heavy (non-hydrogen) atoms. The lowest BCUT2D eigenvalue weighted by atomic mass is 10.0. The number of furan rings is 2. The average Bonchev–Trinajstić information content (AvgIpc) is 3.99. The molecule has 0 atom stereocenters. The Balaban J connectivity index is 1.11. The third kappa shape index (κ3) is 5.32. The second-order valence-corrected chi connectivity index (χ2v) is 15.6. The molecule has 13 rings (SSSR count). The van der Waals surface area contributed by atoms with Crippen molar-refractivity contribution >= 4 is 76.5 Å². The van der Waals surface area contributed by atoms with Crippen LogP contribution in [0.4, 0.5) is 0 Å². The Bertz CT molecular complexity index is 3900. The zero-order valence-electron chi connectivity index (χ0n) is 32.6. The maximum absolute atomic E-state index is 6.73. The van der Waals surface area contributed by atoms with E-state index in [9.17, 15) is 0 Å². The first-order valence-corrected chi connectivity index (χ1v) is 20.4. The molecule has 0 aliphatic heterocycles. The van der Waals surface area contributed by atoms with E-state index >= 15 is 0 Å². The van der Waals surface area contributed by atoms with Crippen LogP contribution in [0.3, 0.4) is 0 Å². The molecular formula is C55H32N4O2. The lowest BCUT2D eigenvalue weighted by Gasteiger charge is -2.13. The standard InChI is InChI=1S/C55H32N4O2/c1-2-13-33(14-3-1)34-17-12-18-37(27-34)53-56-54(38-25-26-50-44(29-38)41-20-7-10-23-48(41)60-50)58-55(57-53)45-31-39(32-51-52(45)42-21-8-11-24-49(42)61-51)59-46-22-9-6-19-40(46)43-28-35-15-4-5-16-36(35)30-47(43)59/h1-32H. The second kappa shape index (κ2) is 13.1. The van der Waals surface area contributed by atoms with Gasteiger partial charge in [0.1, 0.15) is 22.3 Å². The minimum atomic E-state index is 0.548. The number of benzene rings is 9. The monoisotopic (exact) mass is 780 g/mol. The summed E-state index contributed by atoms with van der Waals surface area (Å²) in [6.07, 6.45) is 0. The summed E-state index contributed by atoms with van der Waals surface area (Å²) in [7, 11) is 0. The SMILES string of the molecule is c1ccc(-c2cccc(-c3nc(-c4ccc5oc6ccccc6c5c4)nc(-c4cc(-n5c6ccccc6c6cc7ccccc7cc65)cc5oc6ccccc6c45)n3)c2)cc1. The third-order valence-electron chi connectivity index (χ3n) is 12.0. The number of hydrogen-bond acceptors (Lipinski definition) is 5. The van der Waals surface area contributed by atoms with Crippen molar-refractivity contribution in [3.63, 3.8) is 0 Å². The second-order valence-electron chi connectivity index (χ2n) is 15.6. The summed E-state index contributed by atoms with van der Waals surface area (Å²) in [5.41, 5.74) is 11.2. The van der Waals surface area contributed by atoms with Crippen LogP contribution in [-0.4, -0.2) is 19.5 Å². The number of rotatable bonds is 5.